The van der Waals surface area contributed by atoms with Crippen LogP contribution in [0.4, 0.5) is 0 Å². The molecule has 3 rings (SSSR count). The number of carboxylic acid groups (broad SMARTS) is 1. The van der Waals surface area contributed by atoms with Crippen molar-refractivity contribution < 1.29 is 19.5 Å². The van der Waals surface area contributed by atoms with Gasteiger partial charge in [-0.2, -0.15) is 0 Å². The van der Waals surface area contributed by atoms with Crippen LogP contribution in [-0.4, -0.2) is 33.3 Å². The molecule has 126 valence electrons. The van der Waals surface area contributed by atoms with Crippen LogP contribution in [0.25, 0.3) is 16.6 Å². The molecule has 0 aliphatic heterocycles. The van der Waals surface area contributed by atoms with Crippen molar-refractivity contribution in [1.29, 1.82) is 0 Å². The largest absolute Gasteiger partial charge is 0.475 e. The lowest BCUT2D eigenvalue weighted by Crippen LogP contribution is -2.18. The molecule has 1 N–H and O–H groups in total. The second kappa shape index (κ2) is 6.94. The minimum absolute atomic E-state index is 0.321. The quantitative estimate of drug-likeness (QED) is 0.317. The average Bonchev–Trinajstić information content (AvgIpc) is 3.01. The standard InChI is InChI=1S/C19H15NO4S/c1-25-14-7-5-12(6-8-14)15-10-13-4-2-3-9-20(13)18(15)16(21)11-17(22)19(23)24/h2-10H,11H2,1H3,(H,23,24). The second-order valence-corrected chi connectivity index (χ2v) is 6.34. The molecular weight excluding hydrogens is 338 g/mol. The number of hydrogen-bond acceptors (Lipinski definition) is 4. The first-order chi connectivity index (χ1) is 12.0. The minimum Gasteiger partial charge on any atom is -0.475 e. The molecule has 0 aliphatic carbocycles. The third kappa shape index (κ3) is 3.34. The first-order valence-corrected chi connectivity index (χ1v) is 8.77. The van der Waals surface area contributed by atoms with Gasteiger partial charge < -0.3 is 9.51 Å². The Bertz CT molecular complexity index is 973. The molecule has 0 bridgehead atoms. The SMILES string of the molecule is CSc1ccc(-c2cc3ccccn3c2C(=O)CC(=O)C(=O)O)cc1. The number of aliphatic carboxylic acids is 1. The molecule has 0 saturated carbocycles. The molecule has 0 saturated heterocycles. The second-order valence-electron chi connectivity index (χ2n) is 5.46. The van der Waals surface area contributed by atoms with Crippen LogP contribution in [0.1, 0.15) is 16.9 Å². The summed E-state index contributed by atoms with van der Waals surface area (Å²) in [5, 5.41) is 8.77. The zero-order valence-corrected chi connectivity index (χ0v) is 14.2. The Balaban J connectivity index is 2.12. The Morgan fingerprint density at radius 1 is 1.08 bits per heavy atom. The van der Waals surface area contributed by atoms with E-state index in [0.717, 1.165) is 16.0 Å². The third-order valence-corrected chi connectivity index (χ3v) is 4.65. The maximum atomic E-state index is 12.6. The molecular formula is C19H15NO4S. The first-order valence-electron chi connectivity index (χ1n) is 7.55. The Labute approximate surface area is 148 Å². The van der Waals surface area contributed by atoms with Gasteiger partial charge in [-0.05, 0) is 42.2 Å². The van der Waals surface area contributed by atoms with Gasteiger partial charge in [0.1, 0.15) is 0 Å². The highest BCUT2D eigenvalue weighted by molar-refractivity contribution is 7.98. The number of carboxylic acids is 1. The number of aromatic nitrogens is 1. The molecule has 5 nitrogen and oxygen atoms in total. The van der Waals surface area contributed by atoms with E-state index in [1.54, 1.807) is 28.4 Å². The highest BCUT2D eigenvalue weighted by atomic mass is 32.2. The van der Waals surface area contributed by atoms with Crippen LogP contribution < -0.4 is 0 Å². The summed E-state index contributed by atoms with van der Waals surface area (Å²) in [6, 6.07) is 15.1. The van der Waals surface area contributed by atoms with Gasteiger partial charge in [-0.15, -0.1) is 11.8 Å². The summed E-state index contributed by atoms with van der Waals surface area (Å²) < 4.78 is 1.69. The number of ketones is 2. The Hall–Kier alpha value is -2.86. The predicted octanol–water partition coefficient (Wildman–Crippen LogP) is 3.55. The predicted molar refractivity (Wildman–Crippen MR) is 96.2 cm³/mol. The number of thioether (sulfide) groups is 1. The smallest absolute Gasteiger partial charge is 0.372 e. The third-order valence-electron chi connectivity index (χ3n) is 3.90. The molecule has 2 aromatic heterocycles. The molecule has 0 unspecified atom stereocenters. The van der Waals surface area contributed by atoms with Crippen LogP contribution in [-0.2, 0) is 9.59 Å². The number of benzene rings is 1. The fourth-order valence-corrected chi connectivity index (χ4v) is 3.11. The summed E-state index contributed by atoms with van der Waals surface area (Å²) in [6.07, 6.45) is 3.05. The number of carbonyl (C=O) groups excluding carboxylic acids is 2. The zero-order valence-electron chi connectivity index (χ0n) is 13.4. The highest BCUT2D eigenvalue weighted by Gasteiger charge is 2.23. The van der Waals surface area contributed by atoms with Crippen molar-refractivity contribution in [2.75, 3.05) is 6.26 Å². The lowest BCUT2D eigenvalue weighted by atomic mass is 10.0. The van der Waals surface area contributed by atoms with Crippen molar-refractivity contribution in [3.05, 3.63) is 60.4 Å². The normalized spacial score (nSPS) is 10.8. The molecule has 0 fully saturated rings. The highest BCUT2D eigenvalue weighted by Crippen LogP contribution is 2.30. The molecule has 3 aromatic rings. The van der Waals surface area contributed by atoms with E-state index in [-0.39, 0.29) is 0 Å². The maximum Gasteiger partial charge on any atom is 0.372 e. The summed E-state index contributed by atoms with van der Waals surface area (Å²) in [7, 11) is 0. The summed E-state index contributed by atoms with van der Waals surface area (Å²) in [4.78, 5) is 36.0. The molecule has 0 radical (unpaired) electrons. The minimum atomic E-state index is -1.60. The van der Waals surface area contributed by atoms with E-state index in [9.17, 15) is 14.4 Å². The van der Waals surface area contributed by atoms with Gasteiger partial charge in [0.05, 0.1) is 12.1 Å². The first kappa shape index (κ1) is 17.0. The Kier molecular flexibility index (Phi) is 4.72. The van der Waals surface area contributed by atoms with Crippen LogP contribution in [0.5, 0.6) is 0 Å². The Morgan fingerprint density at radius 3 is 2.44 bits per heavy atom. The molecule has 0 aliphatic rings. The number of pyridine rings is 1. The van der Waals surface area contributed by atoms with Crippen molar-refractivity contribution in [3.63, 3.8) is 0 Å². The molecule has 0 spiro atoms. The van der Waals surface area contributed by atoms with Crippen LogP contribution in [0.15, 0.2) is 59.6 Å². The van der Waals surface area contributed by atoms with Gasteiger partial charge >= 0.3 is 5.97 Å². The summed E-state index contributed by atoms with van der Waals surface area (Å²) in [5.41, 5.74) is 2.65. The molecule has 2 heterocycles. The van der Waals surface area contributed by atoms with Crippen molar-refractivity contribution in [3.8, 4) is 11.1 Å². The molecule has 1 aromatic carbocycles. The number of hydrogen-bond donors (Lipinski definition) is 1. The molecule has 0 amide bonds. The van der Waals surface area contributed by atoms with Gasteiger partial charge in [-0.25, -0.2) is 4.79 Å². The average molecular weight is 353 g/mol. The number of nitrogens with zero attached hydrogens (tertiary/aromatic N) is 1. The van der Waals surface area contributed by atoms with Gasteiger partial charge in [-0.3, -0.25) is 9.59 Å². The van der Waals surface area contributed by atoms with E-state index < -0.39 is 24.0 Å². The van der Waals surface area contributed by atoms with E-state index >= 15 is 0 Å². The number of rotatable bonds is 6. The lowest BCUT2D eigenvalue weighted by molar-refractivity contribution is -0.148. The zero-order chi connectivity index (χ0) is 18.0. The number of fused-ring (bicyclic) bond motifs is 1. The summed E-state index contributed by atoms with van der Waals surface area (Å²) >= 11 is 1.62. The van der Waals surface area contributed by atoms with Crippen molar-refractivity contribution in [2.45, 2.75) is 11.3 Å². The molecule has 0 atom stereocenters. The maximum absolute atomic E-state index is 12.6. The fourth-order valence-electron chi connectivity index (χ4n) is 2.70. The van der Waals surface area contributed by atoms with Crippen LogP contribution >= 0.6 is 11.8 Å². The van der Waals surface area contributed by atoms with E-state index in [0.29, 0.717) is 11.3 Å². The monoisotopic (exact) mass is 353 g/mol. The number of Topliss-reactive ketones (excluding diaryl/α,β-unsaturated/α-hetero) is 2. The van der Waals surface area contributed by atoms with Crippen LogP contribution in [0.3, 0.4) is 0 Å². The van der Waals surface area contributed by atoms with E-state index in [1.165, 1.54) is 0 Å². The van der Waals surface area contributed by atoms with E-state index in [4.69, 9.17) is 5.11 Å². The van der Waals surface area contributed by atoms with E-state index in [1.807, 2.05) is 48.7 Å². The molecule has 25 heavy (non-hydrogen) atoms. The number of carbonyl (C=O) groups is 3. The topological polar surface area (TPSA) is 75.8 Å². The summed E-state index contributed by atoms with van der Waals surface area (Å²) in [6.45, 7) is 0. The van der Waals surface area contributed by atoms with Gasteiger partial charge in [0, 0.05) is 22.2 Å². The van der Waals surface area contributed by atoms with Gasteiger partial charge in [-0.1, -0.05) is 18.2 Å². The van der Waals surface area contributed by atoms with E-state index in [2.05, 4.69) is 0 Å². The van der Waals surface area contributed by atoms with Gasteiger partial charge in [0.15, 0.2) is 5.78 Å². The van der Waals surface area contributed by atoms with Gasteiger partial charge in [0.25, 0.3) is 0 Å². The summed E-state index contributed by atoms with van der Waals surface area (Å²) in [5.74, 6) is -3.22. The van der Waals surface area contributed by atoms with Crippen LogP contribution in [0, 0.1) is 0 Å². The fraction of sp³-hybridized carbons (Fsp3) is 0.105. The van der Waals surface area contributed by atoms with Gasteiger partial charge in [0.2, 0.25) is 5.78 Å². The van der Waals surface area contributed by atoms with Crippen molar-refractivity contribution >= 4 is 34.8 Å². The molecule has 6 heteroatoms. The van der Waals surface area contributed by atoms with Crippen molar-refractivity contribution in [1.82, 2.24) is 4.40 Å². The Morgan fingerprint density at radius 2 is 1.80 bits per heavy atom. The lowest BCUT2D eigenvalue weighted by Gasteiger charge is -2.06. The van der Waals surface area contributed by atoms with Crippen LogP contribution in [0.2, 0.25) is 0 Å². The van der Waals surface area contributed by atoms with Crippen molar-refractivity contribution in [2.24, 2.45) is 0 Å².